The number of fused-ring (bicyclic) bond motifs is 11. The van der Waals surface area contributed by atoms with Gasteiger partial charge in [-0.25, -0.2) is 0 Å². The van der Waals surface area contributed by atoms with Gasteiger partial charge in [0.1, 0.15) is 11.2 Å². The van der Waals surface area contributed by atoms with Crippen molar-refractivity contribution in [2.75, 3.05) is 0 Å². The Labute approximate surface area is 199 Å². The van der Waals surface area contributed by atoms with Gasteiger partial charge in [-0.3, -0.25) is 0 Å². The molecule has 9 rings (SSSR count). The molecule has 2 aromatic heterocycles. The quantitative estimate of drug-likeness (QED) is 0.265. The van der Waals surface area contributed by atoms with E-state index in [1.54, 1.807) is 0 Å². The minimum Gasteiger partial charge on any atom is -0.456 e. The largest absolute Gasteiger partial charge is 0.456 e. The molecule has 0 aliphatic carbocycles. The molecular weight excluding hydrogens is 433 g/mol. The van der Waals surface area contributed by atoms with Crippen molar-refractivity contribution < 1.29 is 4.42 Å². The van der Waals surface area contributed by atoms with Crippen LogP contribution in [0.4, 0.5) is 0 Å². The normalized spacial score (nSPS) is 13.7. The zero-order chi connectivity index (χ0) is 22.0. The summed E-state index contributed by atoms with van der Waals surface area (Å²) in [6, 6.07) is 35.4. The van der Waals surface area contributed by atoms with E-state index in [0.717, 1.165) is 11.2 Å². The predicted octanol–water partition coefficient (Wildman–Crippen LogP) is 5.98. The summed E-state index contributed by atoms with van der Waals surface area (Å²) in [4.78, 5) is 2.72. The molecule has 0 amide bonds. The average molecular weight is 449 g/mol. The first kappa shape index (κ1) is 17.6. The number of hydrogen-bond donors (Lipinski definition) is 0. The first-order valence-electron chi connectivity index (χ1n) is 11.7. The molecule has 156 valence electrons. The smallest absolute Gasteiger partial charge is 0.249 e. The van der Waals surface area contributed by atoms with Crippen LogP contribution in [-0.2, 0) is 0 Å². The van der Waals surface area contributed by atoms with Crippen LogP contribution in [0.5, 0.6) is 0 Å². The van der Waals surface area contributed by atoms with E-state index < -0.39 is 0 Å². The Bertz CT molecular complexity index is 2010. The number of rotatable bonds is 0. The van der Waals surface area contributed by atoms with E-state index in [0.29, 0.717) is 0 Å². The summed E-state index contributed by atoms with van der Waals surface area (Å²) in [6.45, 7) is 0.251. The van der Waals surface area contributed by atoms with Gasteiger partial charge in [-0.05, 0) is 47.3 Å². The maximum absolute atomic E-state index is 6.27. The van der Waals surface area contributed by atoms with Crippen LogP contribution in [0.15, 0.2) is 111 Å². The minimum atomic E-state index is 0.251. The van der Waals surface area contributed by atoms with Crippen molar-refractivity contribution in [3.05, 3.63) is 97.1 Å². The number of benzene rings is 5. The second-order valence-corrected chi connectivity index (χ2v) is 10.4. The molecule has 2 nitrogen and oxygen atoms in total. The molecular formula is C30H16BNOS. The molecule has 0 unspecified atom stereocenters. The van der Waals surface area contributed by atoms with Crippen molar-refractivity contribution >= 4 is 78.6 Å². The van der Waals surface area contributed by atoms with Crippen LogP contribution in [0.1, 0.15) is 0 Å². The highest BCUT2D eigenvalue weighted by molar-refractivity contribution is 8.00. The van der Waals surface area contributed by atoms with Crippen molar-refractivity contribution in [1.29, 1.82) is 0 Å². The van der Waals surface area contributed by atoms with Crippen molar-refractivity contribution in [2.45, 2.75) is 9.79 Å². The molecule has 2 aliphatic rings. The molecule has 0 atom stereocenters. The van der Waals surface area contributed by atoms with Gasteiger partial charge < -0.3 is 8.98 Å². The van der Waals surface area contributed by atoms with Crippen LogP contribution < -0.4 is 16.4 Å². The van der Waals surface area contributed by atoms with E-state index in [2.05, 4.69) is 95.6 Å². The molecule has 4 heterocycles. The highest BCUT2D eigenvalue weighted by atomic mass is 32.2. The van der Waals surface area contributed by atoms with Crippen molar-refractivity contribution in [3.8, 4) is 5.69 Å². The molecule has 0 bridgehead atoms. The van der Waals surface area contributed by atoms with E-state index in [4.69, 9.17) is 4.42 Å². The standard InChI is InChI=1S/C30H16BNOS/c1-3-12-23-17(7-1)28-24(33-23)16-15-21-27(28)18-8-5-10-20-30(18)32(21)22-11-6-14-26-29(22)31(20)19-9-2-4-13-25(19)34-26/h1-16H. The molecule has 0 saturated carbocycles. The molecule has 4 heteroatoms. The Morgan fingerprint density at radius 1 is 0.618 bits per heavy atom. The fraction of sp³-hybridized carbons (Fsp3) is 0. The van der Waals surface area contributed by atoms with Gasteiger partial charge in [-0.1, -0.05) is 77.9 Å². The van der Waals surface area contributed by atoms with Gasteiger partial charge in [-0.2, -0.15) is 0 Å². The third-order valence-corrected chi connectivity index (χ3v) is 8.82. The van der Waals surface area contributed by atoms with E-state index >= 15 is 0 Å². The van der Waals surface area contributed by atoms with Crippen LogP contribution in [0.3, 0.4) is 0 Å². The van der Waals surface area contributed by atoms with Gasteiger partial charge >= 0.3 is 0 Å². The highest BCUT2D eigenvalue weighted by Crippen LogP contribution is 2.42. The number of aromatic nitrogens is 1. The van der Waals surface area contributed by atoms with Crippen LogP contribution in [0.2, 0.25) is 0 Å². The van der Waals surface area contributed by atoms with Gasteiger partial charge in [0.2, 0.25) is 6.71 Å². The van der Waals surface area contributed by atoms with Crippen molar-refractivity contribution in [2.24, 2.45) is 0 Å². The van der Waals surface area contributed by atoms with Crippen LogP contribution in [-0.4, -0.2) is 11.3 Å². The third kappa shape index (κ3) is 1.94. The molecule has 0 radical (unpaired) electrons. The summed E-state index contributed by atoms with van der Waals surface area (Å²) in [5, 5.41) is 4.99. The summed E-state index contributed by atoms with van der Waals surface area (Å²) in [6.07, 6.45) is 0. The Kier molecular flexibility index (Phi) is 3.08. The van der Waals surface area contributed by atoms with Crippen LogP contribution in [0.25, 0.3) is 49.4 Å². The third-order valence-electron chi connectivity index (χ3n) is 7.66. The molecule has 0 N–H and O–H groups in total. The van der Waals surface area contributed by atoms with E-state index in [1.165, 1.54) is 64.4 Å². The summed E-state index contributed by atoms with van der Waals surface area (Å²) >= 11 is 1.90. The lowest BCUT2D eigenvalue weighted by molar-refractivity contribution is 0.669. The summed E-state index contributed by atoms with van der Waals surface area (Å²) in [7, 11) is 0. The highest BCUT2D eigenvalue weighted by Gasteiger charge is 2.39. The maximum Gasteiger partial charge on any atom is 0.249 e. The Balaban J connectivity index is 1.55. The molecule has 0 saturated heterocycles. The lowest BCUT2D eigenvalue weighted by Gasteiger charge is -2.33. The lowest BCUT2D eigenvalue weighted by atomic mass is 9.35. The van der Waals surface area contributed by atoms with Crippen molar-refractivity contribution in [3.63, 3.8) is 0 Å². The first-order valence-corrected chi connectivity index (χ1v) is 12.5. The maximum atomic E-state index is 6.27. The minimum absolute atomic E-state index is 0.251. The molecule has 2 aliphatic heterocycles. The van der Waals surface area contributed by atoms with Gasteiger partial charge in [0.05, 0.1) is 5.52 Å². The van der Waals surface area contributed by atoms with Gasteiger partial charge in [0.25, 0.3) is 0 Å². The average Bonchev–Trinajstić information content (AvgIpc) is 3.43. The molecule has 5 aromatic carbocycles. The van der Waals surface area contributed by atoms with E-state index in [-0.39, 0.29) is 6.71 Å². The number of furan rings is 1. The fourth-order valence-electron chi connectivity index (χ4n) is 6.40. The molecule has 0 fully saturated rings. The molecule has 34 heavy (non-hydrogen) atoms. The monoisotopic (exact) mass is 449 g/mol. The van der Waals surface area contributed by atoms with E-state index in [1.807, 2.05) is 17.8 Å². The number of para-hydroxylation sites is 2. The zero-order valence-electron chi connectivity index (χ0n) is 18.1. The summed E-state index contributed by atoms with van der Waals surface area (Å²) in [5.41, 5.74) is 10.0. The molecule has 7 aromatic rings. The fourth-order valence-corrected chi connectivity index (χ4v) is 7.56. The molecule has 0 spiro atoms. The van der Waals surface area contributed by atoms with Crippen LogP contribution in [0, 0.1) is 0 Å². The SMILES string of the molecule is c1ccc2c(c1)Sc1cccc3c1B2c1cccc2c4c5c(ccc4n-3c12)oc1ccccc15. The Morgan fingerprint density at radius 2 is 1.41 bits per heavy atom. The summed E-state index contributed by atoms with van der Waals surface area (Å²) in [5.74, 6) is 0. The van der Waals surface area contributed by atoms with Crippen LogP contribution >= 0.6 is 11.8 Å². The Morgan fingerprint density at radius 3 is 2.41 bits per heavy atom. The van der Waals surface area contributed by atoms with Gasteiger partial charge in [-0.15, -0.1) is 0 Å². The second-order valence-electron chi connectivity index (χ2n) is 9.27. The van der Waals surface area contributed by atoms with Crippen molar-refractivity contribution in [1.82, 2.24) is 4.57 Å². The van der Waals surface area contributed by atoms with Gasteiger partial charge in [0, 0.05) is 42.5 Å². The van der Waals surface area contributed by atoms with E-state index in [9.17, 15) is 0 Å². The van der Waals surface area contributed by atoms with Gasteiger partial charge in [0.15, 0.2) is 0 Å². The summed E-state index contributed by atoms with van der Waals surface area (Å²) < 4.78 is 8.78. The Hall–Kier alpha value is -3.89. The second kappa shape index (κ2) is 5.96. The zero-order valence-corrected chi connectivity index (χ0v) is 18.9. The topological polar surface area (TPSA) is 18.1 Å². The number of hydrogen-bond acceptors (Lipinski definition) is 2. The first-order chi connectivity index (χ1) is 16.9. The predicted molar refractivity (Wildman–Crippen MR) is 143 cm³/mol. The number of nitrogens with zero attached hydrogens (tertiary/aromatic N) is 1. The lowest BCUT2D eigenvalue weighted by Crippen LogP contribution is -2.58.